The van der Waals surface area contributed by atoms with Crippen molar-refractivity contribution >= 4 is 5.96 Å². The third-order valence-electron chi connectivity index (χ3n) is 2.03. The van der Waals surface area contributed by atoms with Gasteiger partial charge in [0.15, 0.2) is 0 Å². The van der Waals surface area contributed by atoms with E-state index in [0.717, 1.165) is 25.4 Å². The van der Waals surface area contributed by atoms with Crippen molar-refractivity contribution in [2.45, 2.75) is 0 Å². The van der Waals surface area contributed by atoms with Gasteiger partial charge in [0.25, 0.3) is 5.56 Å². The molecule has 2 heterocycles. The number of nitrogens with one attached hydrogen (secondary N) is 1. The maximum Gasteiger partial charge on any atom is 0.356 e. The molecule has 5 N–H and O–H groups in total. The molecule has 0 radical (unpaired) electrons. The van der Waals surface area contributed by atoms with Crippen molar-refractivity contribution in [3.8, 4) is 0 Å². The first kappa shape index (κ1) is 14.7. The van der Waals surface area contributed by atoms with Crippen LogP contribution in [0.2, 0.25) is 0 Å². The molecule has 1 aromatic rings. The first-order chi connectivity index (χ1) is 8.99. The molecule has 0 unspecified atom stereocenters. The first-order valence-corrected chi connectivity index (χ1v) is 5.39. The van der Waals surface area contributed by atoms with Crippen LogP contribution in [0.5, 0.6) is 0 Å². The zero-order chi connectivity index (χ0) is 14.3. The van der Waals surface area contributed by atoms with Crippen molar-refractivity contribution in [3.63, 3.8) is 0 Å². The van der Waals surface area contributed by atoms with Crippen molar-refractivity contribution in [3.05, 3.63) is 33.1 Å². The number of hydrogen-bond donors (Lipinski definition) is 3. The number of halogens is 1. The van der Waals surface area contributed by atoms with Crippen LogP contribution in [0.4, 0.5) is 4.48 Å². The summed E-state index contributed by atoms with van der Waals surface area (Å²) in [6.45, 7) is 2.96. The molecule has 1 aliphatic heterocycles. The van der Waals surface area contributed by atoms with Gasteiger partial charge in [0.2, 0.25) is 5.96 Å². The highest BCUT2D eigenvalue weighted by Crippen LogP contribution is 1.95. The Hall–Kier alpha value is -2.36. The molecule has 106 valence electrons. The molecular formula is C9H15FN6O3. The molecule has 0 amide bonds. The van der Waals surface area contributed by atoms with Crippen LogP contribution in [0.1, 0.15) is 0 Å². The summed E-state index contributed by atoms with van der Waals surface area (Å²) in [6, 6.07) is 0.918. The third kappa shape index (κ3) is 5.68. The fourth-order valence-corrected chi connectivity index (χ4v) is 1.22. The summed E-state index contributed by atoms with van der Waals surface area (Å²) in [5.74, 6) is 0.113. The topological polar surface area (TPSA) is 132 Å². The van der Waals surface area contributed by atoms with E-state index in [-0.39, 0.29) is 10.7 Å². The molecule has 0 aliphatic carbocycles. The Balaban J connectivity index is 0.000000191. The lowest BCUT2D eigenvalue weighted by Crippen LogP contribution is -2.36. The van der Waals surface area contributed by atoms with Crippen LogP contribution in [-0.2, 0) is 4.74 Å². The highest BCUT2D eigenvalue weighted by atomic mass is 19.2. The predicted molar refractivity (Wildman–Crippen MR) is 66.0 cm³/mol. The largest absolute Gasteiger partial charge is 0.378 e. The lowest BCUT2D eigenvalue weighted by molar-refractivity contribution is 0.0392. The molecule has 0 saturated carbocycles. The SMILES string of the molecule is NC(N)=NN1CCOCC1.O=c1ccn(F)c(=O)[nH]1. The van der Waals surface area contributed by atoms with Crippen LogP contribution in [0.3, 0.4) is 0 Å². The summed E-state index contributed by atoms with van der Waals surface area (Å²) >= 11 is 0. The van der Waals surface area contributed by atoms with Gasteiger partial charge in [-0.15, -0.1) is 9.89 Å². The van der Waals surface area contributed by atoms with E-state index in [2.05, 4.69) is 5.10 Å². The van der Waals surface area contributed by atoms with Crippen LogP contribution >= 0.6 is 0 Å². The van der Waals surface area contributed by atoms with Crippen LogP contribution in [-0.4, -0.2) is 47.0 Å². The van der Waals surface area contributed by atoms with E-state index in [0.29, 0.717) is 13.2 Å². The van der Waals surface area contributed by atoms with E-state index >= 15 is 0 Å². The number of nitrogens with zero attached hydrogens (tertiary/aromatic N) is 3. The average Bonchev–Trinajstić information content (AvgIpc) is 2.35. The van der Waals surface area contributed by atoms with Crippen molar-refractivity contribution in [2.24, 2.45) is 16.6 Å². The van der Waals surface area contributed by atoms with Gasteiger partial charge < -0.3 is 16.2 Å². The summed E-state index contributed by atoms with van der Waals surface area (Å²) in [4.78, 5) is 21.9. The Kier molecular flexibility index (Phi) is 5.54. The molecule has 1 fully saturated rings. The van der Waals surface area contributed by atoms with Gasteiger partial charge in [-0.25, -0.2) is 4.79 Å². The van der Waals surface area contributed by atoms with Crippen LogP contribution < -0.4 is 22.7 Å². The normalized spacial score (nSPS) is 14.3. The summed E-state index contributed by atoms with van der Waals surface area (Å²) in [5, 5.41) is 5.67. The molecule has 1 aromatic heterocycles. The van der Waals surface area contributed by atoms with Crippen molar-refractivity contribution < 1.29 is 9.22 Å². The minimum Gasteiger partial charge on any atom is -0.378 e. The van der Waals surface area contributed by atoms with Gasteiger partial charge in [-0.3, -0.25) is 14.8 Å². The molecule has 0 spiro atoms. The minimum atomic E-state index is -1.05. The molecular weight excluding hydrogens is 259 g/mol. The Labute approximate surface area is 107 Å². The van der Waals surface area contributed by atoms with Crippen molar-refractivity contribution in [1.82, 2.24) is 14.8 Å². The zero-order valence-electron chi connectivity index (χ0n) is 10.1. The molecule has 0 aromatic carbocycles. The van der Waals surface area contributed by atoms with Gasteiger partial charge in [-0.1, -0.05) is 4.48 Å². The number of nitrogens with two attached hydrogens (primary N) is 2. The van der Waals surface area contributed by atoms with Crippen LogP contribution in [0, 0.1) is 0 Å². The van der Waals surface area contributed by atoms with E-state index in [1.54, 1.807) is 9.99 Å². The lowest BCUT2D eigenvalue weighted by Gasteiger charge is -2.23. The molecule has 1 aliphatic rings. The predicted octanol–water partition coefficient (Wildman–Crippen LogP) is -2.22. The highest BCUT2D eigenvalue weighted by molar-refractivity contribution is 5.75. The number of H-pyrrole nitrogens is 1. The van der Waals surface area contributed by atoms with Crippen molar-refractivity contribution in [2.75, 3.05) is 26.3 Å². The monoisotopic (exact) mass is 274 g/mol. The van der Waals surface area contributed by atoms with Gasteiger partial charge in [0.05, 0.1) is 26.3 Å². The van der Waals surface area contributed by atoms with Gasteiger partial charge in [-0.05, 0) is 0 Å². The van der Waals surface area contributed by atoms with Gasteiger partial charge >= 0.3 is 5.69 Å². The fourth-order valence-electron chi connectivity index (χ4n) is 1.22. The van der Waals surface area contributed by atoms with Crippen LogP contribution in [0.25, 0.3) is 0 Å². The van der Waals surface area contributed by atoms with Gasteiger partial charge in [0.1, 0.15) is 0 Å². The standard InChI is InChI=1S/C5H12N4O.C4H3FN2O2/c6-5(7)8-9-1-3-10-4-2-9;5-7-2-1-3(8)6-4(7)9/h1-4H2,(H4,6,7,8);1-2H,(H,6,8,9). The first-order valence-electron chi connectivity index (χ1n) is 5.39. The Bertz CT molecular complexity index is 529. The Morgan fingerprint density at radius 2 is 2.00 bits per heavy atom. The van der Waals surface area contributed by atoms with Crippen molar-refractivity contribution in [1.29, 1.82) is 0 Å². The van der Waals surface area contributed by atoms with E-state index in [1.165, 1.54) is 0 Å². The van der Waals surface area contributed by atoms with Gasteiger partial charge in [-0.2, -0.15) is 0 Å². The quantitative estimate of drug-likeness (QED) is 0.392. The zero-order valence-corrected chi connectivity index (χ0v) is 10.1. The summed E-state index contributed by atoms with van der Waals surface area (Å²) < 4.78 is 17.0. The maximum absolute atomic E-state index is 11.9. The Morgan fingerprint density at radius 1 is 1.37 bits per heavy atom. The second-order valence-electron chi connectivity index (χ2n) is 3.51. The van der Waals surface area contributed by atoms with E-state index in [1.807, 2.05) is 0 Å². The molecule has 2 rings (SSSR count). The number of ether oxygens (including phenoxy) is 1. The maximum atomic E-state index is 11.9. The summed E-state index contributed by atoms with van der Waals surface area (Å²) in [5.41, 5.74) is 8.68. The van der Waals surface area contributed by atoms with E-state index in [9.17, 15) is 14.1 Å². The third-order valence-corrected chi connectivity index (χ3v) is 2.03. The fraction of sp³-hybridized carbons (Fsp3) is 0.444. The number of morpholine rings is 1. The van der Waals surface area contributed by atoms with Crippen LogP contribution in [0.15, 0.2) is 27.0 Å². The molecule has 9 nitrogen and oxygen atoms in total. The smallest absolute Gasteiger partial charge is 0.356 e. The lowest BCUT2D eigenvalue weighted by atomic mass is 10.5. The number of aromatic nitrogens is 2. The summed E-state index contributed by atoms with van der Waals surface area (Å²) in [7, 11) is 0. The molecule has 0 bridgehead atoms. The second-order valence-corrected chi connectivity index (χ2v) is 3.51. The Morgan fingerprint density at radius 3 is 2.47 bits per heavy atom. The number of aromatic amines is 1. The molecule has 10 heteroatoms. The average molecular weight is 274 g/mol. The molecule has 1 saturated heterocycles. The minimum absolute atomic E-state index is 0.113. The number of hydrazone groups is 1. The summed E-state index contributed by atoms with van der Waals surface area (Å²) in [6.07, 6.45) is 0.751. The molecule has 0 atom stereocenters. The van der Waals surface area contributed by atoms with E-state index in [4.69, 9.17) is 16.2 Å². The highest BCUT2D eigenvalue weighted by Gasteiger charge is 2.06. The molecule has 19 heavy (non-hydrogen) atoms. The van der Waals surface area contributed by atoms with E-state index < -0.39 is 11.2 Å². The number of hydrogen-bond acceptors (Lipinski definition) is 5. The number of guanidine groups is 1. The second kappa shape index (κ2) is 7.16. The number of rotatable bonds is 1. The van der Waals surface area contributed by atoms with Gasteiger partial charge in [0, 0.05) is 12.3 Å².